The quantitative estimate of drug-likeness (QED) is 0.229. The van der Waals surface area contributed by atoms with Gasteiger partial charge in [0.15, 0.2) is 6.29 Å². The maximum Gasteiger partial charge on any atom is 0.320 e. The average molecular weight is 278 g/mol. The summed E-state index contributed by atoms with van der Waals surface area (Å²) >= 11 is 0. The molecule has 0 aromatic heterocycles. The SMILES string of the molecule is CNCCCCC(C(=O)O)N(CC(=O)O)CC(O)O. The number of carboxylic acid groups (broad SMARTS) is 2. The summed E-state index contributed by atoms with van der Waals surface area (Å²) < 4.78 is 0. The van der Waals surface area contributed by atoms with Crippen LogP contribution in [0.2, 0.25) is 0 Å². The molecule has 0 saturated heterocycles. The van der Waals surface area contributed by atoms with Crippen LogP contribution in [0.4, 0.5) is 0 Å². The van der Waals surface area contributed by atoms with Crippen LogP contribution in [0.5, 0.6) is 0 Å². The van der Waals surface area contributed by atoms with Crippen LogP contribution in [-0.4, -0.2) is 76.3 Å². The van der Waals surface area contributed by atoms with Crippen molar-refractivity contribution in [1.29, 1.82) is 0 Å². The predicted molar refractivity (Wildman–Crippen MR) is 66.6 cm³/mol. The third kappa shape index (κ3) is 8.49. The molecule has 0 radical (unpaired) electrons. The minimum Gasteiger partial charge on any atom is -0.480 e. The molecule has 0 rings (SSSR count). The fraction of sp³-hybridized carbons (Fsp3) is 0.818. The minimum atomic E-state index is -1.77. The van der Waals surface area contributed by atoms with Crippen molar-refractivity contribution in [3.63, 3.8) is 0 Å². The number of nitrogens with one attached hydrogen (secondary N) is 1. The number of hydrogen-bond acceptors (Lipinski definition) is 6. The van der Waals surface area contributed by atoms with Crippen molar-refractivity contribution in [1.82, 2.24) is 10.2 Å². The zero-order valence-electron chi connectivity index (χ0n) is 10.9. The highest BCUT2D eigenvalue weighted by Crippen LogP contribution is 2.10. The number of unbranched alkanes of at least 4 members (excludes halogenated alkanes) is 1. The van der Waals surface area contributed by atoms with Crippen LogP contribution >= 0.6 is 0 Å². The van der Waals surface area contributed by atoms with Gasteiger partial charge < -0.3 is 25.7 Å². The molecule has 0 heterocycles. The molecule has 0 aliphatic rings. The first-order valence-corrected chi connectivity index (χ1v) is 6.07. The lowest BCUT2D eigenvalue weighted by Gasteiger charge is -2.27. The highest BCUT2D eigenvalue weighted by Gasteiger charge is 2.28. The topological polar surface area (TPSA) is 130 Å². The molecule has 0 aromatic rings. The van der Waals surface area contributed by atoms with E-state index < -0.39 is 37.4 Å². The van der Waals surface area contributed by atoms with Crippen LogP contribution in [0.15, 0.2) is 0 Å². The van der Waals surface area contributed by atoms with Gasteiger partial charge in [0.25, 0.3) is 0 Å². The number of aliphatic carboxylic acids is 2. The Kier molecular flexibility index (Phi) is 9.06. The van der Waals surface area contributed by atoms with Gasteiger partial charge >= 0.3 is 11.9 Å². The Morgan fingerprint density at radius 3 is 2.26 bits per heavy atom. The molecule has 1 unspecified atom stereocenters. The Balaban J connectivity index is 4.55. The lowest BCUT2D eigenvalue weighted by molar-refractivity contribution is -0.150. The van der Waals surface area contributed by atoms with Crippen LogP contribution < -0.4 is 5.32 Å². The van der Waals surface area contributed by atoms with Crippen LogP contribution in [-0.2, 0) is 9.59 Å². The summed E-state index contributed by atoms with van der Waals surface area (Å²) in [5, 5.41) is 38.6. The maximum atomic E-state index is 11.2. The minimum absolute atomic E-state index is 0.261. The molecule has 1 atom stereocenters. The van der Waals surface area contributed by atoms with Crippen molar-refractivity contribution >= 4 is 11.9 Å². The Labute approximate surface area is 111 Å². The third-order valence-electron chi connectivity index (χ3n) is 2.62. The second kappa shape index (κ2) is 9.68. The Bertz CT molecular complexity index is 284. The zero-order valence-corrected chi connectivity index (χ0v) is 10.9. The molecule has 0 aliphatic carbocycles. The number of rotatable bonds is 11. The summed E-state index contributed by atoms with van der Waals surface area (Å²) in [6.07, 6.45) is -0.131. The standard InChI is InChI=1S/C11H22N2O6/c1-12-5-3-2-4-8(11(18)19)13(6-9(14)15)7-10(16)17/h8-9,12,14-15H,2-7H2,1H3,(H,16,17)(H,18,19). The smallest absolute Gasteiger partial charge is 0.320 e. The van der Waals surface area contributed by atoms with Gasteiger partial charge in [-0.25, -0.2) is 0 Å². The fourth-order valence-corrected chi connectivity index (χ4v) is 1.79. The average Bonchev–Trinajstić information content (AvgIpc) is 2.26. The lowest BCUT2D eigenvalue weighted by Crippen LogP contribution is -2.47. The molecule has 0 aromatic carbocycles. The molecular formula is C11H22N2O6. The van der Waals surface area contributed by atoms with E-state index in [1.807, 2.05) is 0 Å². The van der Waals surface area contributed by atoms with Gasteiger partial charge in [-0.2, -0.15) is 0 Å². The normalized spacial score (nSPS) is 12.9. The molecule has 0 spiro atoms. The summed E-state index contributed by atoms with van der Waals surface area (Å²) in [5.74, 6) is -2.37. The van der Waals surface area contributed by atoms with E-state index in [2.05, 4.69) is 5.32 Å². The molecular weight excluding hydrogens is 256 g/mol. The van der Waals surface area contributed by atoms with Crippen LogP contribution in [0.3, 0.4) is 0 Å². The molecule has 0 saturated carbocycles. The van der Waals surface area contributed by atoms with Crippen molar-refractivity contribution in [3.05, 3.63) is 0 Å². The van der Waals surface area contributed by atoms with Gasteiger partial charge in [-0.15, -0.1) is 0 Å². The number of carboxylic acids is 2. The van der Waals surface area contributed by atoms with E-state index in [1.54, 1.807) is 7.05 Å². The van der Waals surface area contributed by atoms with Crippen LogP contribution in [0.25, 0.3) is 0 Å². The monoisotopic (exact) mass is 278 g/mol. The number of hydrogen-bond donors (Lipinski definition) is 5. The molecule has 0 fully saturated rings. The summed E-state index contributed by atoms with van der Waals surface area (Å²) in [7, 11) is 1.79. The highest BCUT2D eigenvalue weighted by atomic mass is 16.5. The Hall–Kier alpha value is -1.22. The maximum absolute atomic E-state index is 11.2. The van der Waals surface area contributed by atoms with Gasteiger partial charge in [-0.1, -0.05) is 6.42 Å². The van der Waals surface area contributed by atoms with Crippen molar-refractivity contribution in [2.24, 2.45) is 0 Å². The second-order valence-electron chi connectivity index (χ2n) is 4.26. The van der Waals surface area contributed by atoms with Crippen LogP contribution in [0, 0.1) is 0 Å². The van der Waals surface area contributed by atoms with Gasteiger partial charge in [0.05, 0.1) is 13.1 Å². The van der Waals surface area contributed by atoms with E-state index in [0.29, 0.717) is 6.42 Å². The molecule has 0 bridgehead atoms. The summed E-state index contributed by atoms with van der Waals surface area (Å²) in [6, 6.07) is -1.03. The number of nitrogens with zero attached hydrogens (tertiary/aromatic N) is 1. The Morgan fingerprint density at radius 1 is 1.21 bits per heavy atom. The molecule has 8 heteroatoms. The molecule has 5 N–H and O–H groups in total. The van der Waals surface area contributed by atoms with E-state index in [1.165, 1.54) is 0 Å². The van der Waals surface area contributed by atoms with Gasteiger partial charge in [0, 0.05) is 0 Å². The van der Waals surface area contributed by atoms with E-state index >= 15 is 0 Å². The van der Waals surface area contributed by atoms with Gasteiger partial charge in [-0.05, 0) is 26.4 Å². The van der Waals surface area contributed by atoms with E-state index in [0.717, 1.165) is 17.9 Å². The molecule has 8 nitrogen and oxygen atoms in total. The first-order chi connectivity index (χ1) is 8.88. The first-order valence-electron chi connectivity index (χ1n) is 6.07. The lowest BCUT2D eigenvalue weighted by atomic mass is 10.1. The van der Waals surface area contributed by atoms with Crippen molar-refractivity contribution in [2.45, 2.75) is 31.6 Å². The molecule has 0 aliphatic heterocycles. The first kappa shape index (κ1) is 17.8. The number of aliphatic hydroxyl groups excluding tert-OH is 1. The third-order valence-corrected chi connectivity index (χ3v) is 2.62. The number of carbonyl (C=O) groups is 2. The van der Waals surface area contributed by atoms with E-state index in [-0.39, 0.29) is 6.42 Å². The largest absolute Gasteiger partial charge is 0.480 e. The molecule has 0 amide bonds. The van der Waals surface area contributed by atoms with E-state index in [9.17, 15) is 9.59 Å². The van der Waals surface area contributed by atoms with Gasteiger partial charge in [-0.3, -0.25) is 14.5 Å². The zero-order chi connectivity index (χ0) is 14.8. The molecule has 19 heavy (non-hydrogen) atoms. The fourth-order valence-electron chi connectivity index (χ4n) is 1.79. The van der Waals surface area contributed by atoms with Gasteiger partial charge in [0.1, 0.15) is 6.04 Å². The van der Waals surface area contributed by atoms with E-state index in [4.69, 9.17) is 20.4 Å². The predicted octanol–water partition coefficient (Wildman–Crippen LogP) is -1.47. The second-order valence-corrected chi connectivity index (χ2v) is 4.26. The van der Waals surface area contributed by atoms with Crippen molar-refractivity contribution in [3.8, 4) is 0 Å². The van der Waals surface area contributed by atoms with Crippen molar-refractivity contribution in [2.75, 3.05) is 26.7 Å². The summed E-state index contributed by atoms with van der Waals surface area (Å²) in [6.45, 7) is -0.205. The van der Waals surface area contributed by atoms with Crippen molar-refractivity contribution < 1.29 is 30.0 Å². The summed E-state index contributed by atoms with van der Waals surface area (Å²) in [5.41, 5.74) is 0. The number of aliphatic hydroxyl groups is 2. The van der Waals surface area contributed by atoms with Crippen LogP contribution in [0.1, 0.15) is 19.3 Å². The van der Waals surface area contributed by atoms with Gasteiger partial charge in [0.2, 0.25) is 0 Å². The molecule has 112 valence electrons. The summed E-state index contributed by atoms with van der Waals surface area (Å²) in [4.78, 5) is 22.9. The Morgan fingerprint density at radius 2 is 1.84 bits per heavy atom. The highest BCUT2D eigenvalue weighted by molar-refractivity contribution is 5.75.